The van der Waals surface area contributed by atoms with Gasteiger partial charge in [0.05, 0.1) is 11.6 Å². The number of aryl methyl sites for hydroxylation is 1. The minimum atomic E-state index is -0.691. The standard InChI is InChI=1S/C34H44FN3O2/c35-31-15-7-14-28(20-31)32-24-38(33(34(39)40)27-10-2-1-3-11-27)23-30(32)22-37-18-16-25(17-19-37)8-6-13-26-9-4-5-12-29(26)21-36/h4-5,7,9,12,14-15,20,25,27,30,32-33H,1-3,6,8,10-11,13,16-19,22-24H2,(H,39,40)/t30-,32+,33+/m0/s1. The predicted octanol–water partition coefficient (Wildman–Crippen LogP) is 6.48. The zero-order chi connectivity index (χ0) is 27.9. The SMILES string of the molecule is N#Cc1ccccc1CCCC1CCN(C[C@H]2CN([C@@H](C(=O)O)C3CCCCC3)C[C@@H]2c2cccc(F)c2)CC1. The van der Waals surface area contributed by atoms with Crippen LogP contribution in [0.1, 0.15) is 80.4 Å². The van der Waals surface area contributed by atoms with E-state index >= 15 is 0 Å². The van der Waals surface area contributed by atoms with E-state index in [9.17, 15) is 19.6 Å². The molecule has 5 rings (SSSR count). The number of hydrogen-bond acceptors (Lipinski definition) is 4. The molecular weight excluding hydrogens is 501 g/mol. The highest BCUT2D eigenvalue weighted by Crippen LogP contribution is 2.39. The van der Waals surface area contributed by atoms with Crippen molar-refractivity contribution in [3.63, 3.8) is 0 Å². The third kappa shape index (κ3) is 7.11. The molecule has 3 fully saturated rings. The molecule has 5 nitrogen and oxygen atoms in total. The van der Waals surface area contributed by atoms with Gasteiger partial charge in [0.1, 0.15) is 11.9 Å². The molecule has 2 saturated heterocycles. The minimum Gasteiger partial charge on any atom is -0.480 e. The van der Waals surface area contributed by atoms with Gasteiger partial charge in [0.15, 0.2) is 0 Å². The molecule has 0 radical (unpaired) electrons. The molecule has 2 heterocycles. The molecule has 0 bridgehead atoms. The number of hydrogen-bond donors (Lipinski definition) is 1. The molecule has 3 aliphatic rings. The van der Waals surface area contributed by atoms with Gasteiger partial charge in [-0.2, -0.15) is 5.26 Å². The molecule has 0 aromatic heterocycles. The van der Waals surface area contributed by atoms with Crippen LogP contribution in [0.25, 0.3) is 0 Å². The van der Waals surface area contributed by atoms with Crippen molar-refractivity contribution in [1.29, 1.82) is 5.26 Å². The predicted molar refractivity (Wildman–Crippen MR) is 155 cm³/mol. The van der Waals surface area contributed by atoms with Gasteiger partial charge in [0.25, 0.3) is 0 Å². The maximum Gasteiger partial charge on any atom is 0.321 e. The number of carboxylic acid groups (broad SMARTS) is 1. The van der Waals surface area contributed by atoms with Crippen LogP contribution in [0.2, 0.25) is 0 Å². The second kappa shape index (κ2) is 13.7. The zero-order valence-electron chi connectivity index (χ0n) is 23.7. The Morgan fingerprint density at radius 3 is 2.52 bits per heavy atom. The number of likely N-dealkylation sites (tertiary alicyclic amines) is 2. The summed E-state index contributed by atoms with van der Waals surface area (Å²) in [6, 6.07) is 16.8. The number of benzene rings is 2. The van der Waals surface area contributed by atoms with Crippen LogP contribution >= 0.6 is 0 Å². The average Bonchev–Trinajstić information content (AvgIpc) is 3.37. The minimum absolute atomic E-state index is 0.152. The molecule has 0 unspecified atom stereocenters. The van der Waals surface area contributed by atoms with E-state index < -0.39 is 12.0 Å². The van der Waals surface area contributed by atoms with Crippen LogP contribution in [0, 0.1) is 34.9 Å². The molecule has 6 heteroatoms. The van der Waals surface area contributed by atoms with E-state index in [-0.39, 0.29) is 17.7 Å². The Labute approximate surface area is 239 Å². The van der Waals surface area contributed by atoms with Crippen LogP contribution in [0.3, 0.4) is 0 Å². The fourth-order valence-electron chi connectivity index (χ4n) is 7.76. The second-order valence-corrected chi connectivity index (χ2v) is 12.5. The first-order valence-corrected chi connectivity index (χ1v) is 15.4. The number of carbonyl (C=O) groups is 1. The summed E-state index contributed by atoms with van der Waals surface area (Å²) in [5.41, 5.74) is 2.96. The smallest absolute Gasteiger partial charge is 0.321 e. The lowest BCUT2D eigenvalue weighted by Gasteiger charge is -2.35. The largest absolute Gasteiger partial charge is 0.480 e. The number of rotatable bonds is 10. The van der Waals surface area contributed by atoms with Crippen molar-refractivity contribution < 1.29 is 14.3 Å². The van der Waals surface area contributed by atoms with Gasteiger partial charge in [0, 0.05) is 25.6 Å². The highest BCUT2D eigenvalue weighted by molar-refractivity contribution is 5.74. The molecule has 0 amide bonds. The van der Waals surface area contributed by atoms with Gasteiger partial charge in [-0.3, -0.25) is 9.69 Å². The van der Waals surface area contributed by atoms with E-state index in [0.29, 0.717) is 18.4 Å². The maximum absolute atomic E-state index is 14.2. The molecular formula is C34H44FN3O2. The zero-order valence-corrected chi connectivity index (χ0v) is 23.7. The maximum atomic E-state index is 14.2. The van der Waals surface area contributed by atoms with E-state index in [2.05, 4.69) is 21.9 Å². The van der Waals surface area contributed by atoms with E-state index in [1.807, 2.05) is 24.3 Å². The molecule has 0 spiro atoms. The Hall–Kier alpha value is -2.75. The van der Waals surface area contributed by atoms with E-state index in [1.165, 1.54) is 31.7 Å². The Bertz CT molecular complexity index is 1170. The Morgan fingerprint density at radius 2 is 1.80 bits per heavy atom. The molecule has 1 N–H and O–H groups in total. The van der Waals surface area contributed by atoms with Crippen LogP contribution in [-0.2, 0) is 11.2 Å². The fraction of sp³-hybridized carbons (Fsp3) is 0.588. The van der Waals surface area contributed by atoms with Crippen molar-refractivity contribution in [3.8, 4) is 6.07 Å². The van der Waals surface area contributed by atoms with Crippen LogP contribution in [0.4, 0.5) is 4.39 Å². The average molecular weight is 546 g/mol. The van der Waals surface area contributed by atoms with E-state index in [0.717, 1.165) is 81.4 Å². The first-order chi connectivity index (χ1) is 19.5. The first-order valence-electron chi connectivity index (χ1n) is 15.4. The lowest BCUT2D eigenvalue weighted by Crippen LogP contribution is -2.46. The van der Waals surface area contributed by atoms with Crippen molar-refractivity contribution in [2.45, 2.75) is 76.2 Å². The second-order valence-electron chi connectivity index (χ2n) is 12.5. The van der Waals surface area contributed by atoms with Gasteiger partial charge in [0.2, 0.25) is 0 Å². The molecule has 3 atom stereocenters. The third-order valence-corrected chi connectivity index (χ3v) is 9.89. The van der Waals surface area contributed by atoms with Crippen LogP contribution in [0.5, 0.6) is 0 Å². The summed E-state index contributed by atoms with van der Waals surface area (Å²) in [7, 11) is 0. The van der Waals surface area contributed by atoms with Gasteiger partial charge >= 0.3 is 5.97 Å². The van der Waals surface area contributed by atoms with Gasteiger partial charge in [-0.1, -0.05) is 56.0 Å². The molecule has 1 saturated carbocycles. The molecule has 2 aromatic carbocycles. The lowest BCUT2D eigenvalue weighted by atomic mass is 9.83. The number of nitriles is 1. The molecule has 2 aromatic rings. The summed E-state index contributed by atoms with van der Waals surface area (Å²) in [5.74, 6) is 0.477. The summed E-state index contributed by atoms with van der Waals surface area (Å²) in [4.78, 5) is 17.3. The monoisotopic (exact) mass is 545 g/mol. The number of piperidine rings is 1. The summed E-state index contributed by atoms with van der Waals surface area (Å²) in [6.45, 7) is 4.54. The van der Waals surface area contributed by atoms with Gasteiger partial charge in [-0.05, 0) is 98.7 Å². The first kappa shape index (κ1) is 28.8. The summed E-state index contributed by atoms with van der Waals surface area (Å²) < 4.78 is 14.2. The topological polar surface area (TPSA) is 67.6 Å². The van der Waals surface area contributed by atoms with Crippen molar-refractivity contribution in [2.75, 3.05) is 32.7 Å². The molecule has 40 heavy (non-hydrogen) atoms. The van der Waals surface area contributed by atoms with Crippen LogP contribution in [-0.4, -0.2) is 59.6 Å². The molecule has 214 valence electrons. The normalized spacial score (nSPS) is 24.1. The number of halogens is 1. The number of aliphatic carboxylic acids is 1. The van der Waals surface area contributed by atoms with Gasteiger partial charge < -0.3 is 10.0 Å². The fourth-order valence-corrected chi connectivity index (χ4v) is 7.76. The quantitative estimate of drug-likeness (QED) is 0.370. The Balaban J connectivity index is 1.19. The number of nitrogens with zero attached hydrogens (tertiary/aromatic N) is 3. The lowest BCUT2D eigenvalue weighted by molar-refractivity contribution is -0.145. The van der Waals surface area contributed by atoms with Gasteiger partial charge in [-0.15, -0.1) is 0 Å². The van der Waals surface area contributed by atoms with Crippen molar-refractivity contribution in [2.24, 2.45) is 17.8 Å². The Morgan fingerprint density at radius 1 is 1.02 bits per heavy atom. The summed E-state index contributed by atoms with van der Waals surface area (Å²) >= 11 is 0. The Kier molecular flexibility index (Phi) is 9.88. The summed E-state index contributed by atoms with van der Waals surface area (Å²) in [5, 5.41) is 19.6. The van der Waals surface area contributed by atoms with Crippen molar-refractivity contribution >= 4 is 5.97 Å². The highest BCUT2D eigenvalue weighted by atomic mass is 19.1. The van der Waals surface area contributed by atoms with Crippen molar-refractivity contribution in [3.05, 3.63) is 71.0 Å². The molecule has 2 aliphatic heterocycles. The van der Waals surface area contributed by atoms with E-state index in [4.69, 9.17) is 0 Å². The van der Waals surface area contributed by atoms with Crippen molar-refractivity contribution in [1.82, 2.24) is 9.80 Å². The van der Waals surface area contributed by atoms with E-state index in [1.54, 1.807) is 12.1 Å². The van der Waals surface area contributed by atoms with Gasteiger partial charge in [-0.25, -0.2) is 4.39 Å². The van der Waals surface area contributed by atoms with Crippen LogP contribution in [0.15, 0.2) is 48.5 Å². The van der Waals surface area contributed by atoms with Crippen LogP contribution < -0.4 is 0 Å². The highest BCUT2D eigenvalue weighted by Gasteiger charge is 2.43. The third-order valence-electron chi connectivity index (χ3n) is 9.89. The summed E-state index contributed by atoms with van der Waals surface area (Å²) in [6.07, 6.45) is 11.1. The number of carboxylic acids is 1. The molecule has 1 aliphatic carbocycles.